The maximum absolute atomic E-state index is 12.0. The molecule has 148 valence electrons. The molecular weight excluding hydrogens is 364 g/mol. The van der Waals surface area contributed by atoms with Crippen LogP contribution in [0, 0.1) is 0 Å². The summed E-state index contributed by atoms with van der Waals surface area (Å²) in [5.41, 5.74) is 4.56. The molecule has 1 heterocycles. The van der Waals surface area contributed by atoms with Gasteiger partial charge in [0.1, 0.15) is 5.75 Å². The molecular formula is C19H28N4O3S. The van der Waals surface area contributed by atoms with Gasteiger partial charge in [-0.15, -0.1) is 0 Å². The number of amides is 1. The lowest BCUT2D eigenvalue weighted by atomic mass is 10.1. The molecule has 1 aliphatic rings. The van der Waals surface area contributed by atoms with Crippen molar-refractivity contribution < 1.29 is 14.3 Å². The monoisotopic (exact) mass is 392 g/mol. The third kappa shape index (κ3) is 7.15. The van der Waals surface area contributed by atoms with Crippen molar-refractivity contribution in [2.24, 2.45) is 5.10 Å². The molecule has 1 fully saturated rings. The van der Waals surface area contributed by atoms with Crippen LogP contribution < -0.4 is 15.5 Å². The van der Waals surface area contributed by atoms with Gasteiger partial charge in [-0.2, -0.15) is 5.10 Å². The summed E-state index contributed by atoms with van der Waals surface area (Å²) < 4.78 is 10.6. The SMILES string of the molecule is COC[C@@H](C)NC(=S)N/N=C(/C)c1ccc(OCC(=O)N2CCCC2)cc1. The van der Waals surface area contributed by atoms with Crippen molar-refractivity contribution in [1.82, 2.24) is 15.6 Å². The zero-order valence-electron chi connectivity index (χ0n) is 16.2. The summed E-state index contributed by atoms with van der Waals surface area (Å²) in [5, 5.41) is 7.81. The van der Waals surface area contributed by atoms with E-state index in [1.165, 1.54) is 0 Å². The first-order valence-electron chi connectivity index (χ1n) is 9.10. The largest absolute Gasteiger partial charge is 0.484 e. The second-order valence-corrected chi connectivity index (χ2v) is 6.95. The molecule has 0 aliphatic carbocycles. The van der Waals surface area contributed by atoms with E-state index >= 15 is 0 Å². The predicted molar refractivity (Wildman–Crippen MR) is 110 cm³/mol. The standard InChI is InChI=1S/C19H28N4O3S/c1-14(12-25-3)20-19(27)22-21-15(2)16-6-8-17(9-7-16)26-13-18(24)23-10-4-5-11-23/h6-9,14H,4-5,10-13H2,1-3H3,(H2,20,22,27)/b21-15-/t14-/m1/s1. The van der Waals surface area contributed by atoms with E-state index in [0.29, 0.717) is 17.5 Å². The van der Waals surface area contributed by atoms with Gasteiger partial charge in [0.15, 0.2) is 11.7 Å². The van der Waals surface area contributed by atoms with E-state index in [9.17, 15) is 4.79 Å². The topological polar surface area (TPSA) is 75.2 Å². The number of carbonyl (C=O) groups excluding carboxylic acids is 1. The van der Waals surface area contributed by atoms with Crippen molar-refractivity contribution >= 4 is 28.9 Å². The Morgan fingerprint density at radius 3 is 2.59 bits per heavy atom. The van der Waals surface area contributed by atoms with Crippen LogP contribution in [0.3, 0.4) is 0 Å². The van der Waals surface area contributed by atoms with Gasteiger partial charge in [0, 0.05) is 26.2 Å². The van der Waals surface area contributed by atoms with Crippen LogP contribution in [0.25, 0.3) is 0 Å². The minimum Gasteiger partial charge on any atom is -0.484 e. The van der Waals surface area contributed by atoms with Crippen molar-refractivity contribution in [3.8, 4) is 5.75 Å². The number of likely N-dealkylation sites (tertiary alicyclic amines) is 1. The molecule has 0 spiro atoms. The molecule has 0 bridgehead atoms. The first kappa shape index (κ1) is 21.1. The van der Waals surface area contributed by atoms with Gasteiger partial charge in [-0.1, -0.05) is 0 Å². The molecule has 0 radical (unpaired) electrons. The number of hydrazone groups is 1. The maximum atomic E-state index is 12.0. The van der Waals surface area contributed by atoms with Crippen LogP contribution in [0.1, 0.15) is 32.3 Å². The Bertz CT molecular complexity index is 657. The summed E-state index contributed by atoms with van der Waals surface area (Å²) in [6.07, 6.45) is 2.16. The van der Waals surface area contributed by atoms with Gasteiger partial charge in [0.25, 0.3) is 5.91 Å². The minimum absolute atomic E-state index is 0.0437. The third-order valence-corrected chi connectivity index (χ3v) is 4.42. The highest BCUT2D eigenvalue weighted by molar-refractivity contribution is 7.80. The van der Waals surface area contributed by atoms with Crippen molar-refractivity contribution in [2.45, 2.75) is 32.7 Å². The summed E-state index contributed by atoms with van der Waals surface area (Å²) in [5.74, 6) is 0.708. The zero-order valence-corrected chi connectivity index (χ0v) is 17.0. The quantitative estimate of drug-likeness (QED) is 0.400. The van der Waals surface area contributed by atoms with Gasteiger partial charge in [-0.25, -0.2) is 0 Å². The summed E-state index contributed by atoms with van der Waals surface area (Å²) in [7, 11) is 1.65. The van der Waals surface area contributed by atoms with Crippen LogP contribution >= 0.6 is 12.2 Å². The number of thiocarbonyl (C=S) groups is 1. The first-order chi connectivity index (χ1) is 13.0. The van der Waals surface area contributed by atoms with Crippen LogP contribution in [0.4, 0.5) is 0 Å². The Hall–Kier alpha value is -2.19. The molecule has 1 amide bonds. The molecule has 8 heteroatoms. The van der Waals surface area contributed by atoms with Crippen molar-refractivity contribution in [2.75, 3.05) is 33.4 Å². The van der Waals surface area contributed by atoms with Crippen LogP contribution in [0.2, 0.25) is 0 Å². The van der Waals surface area contributed by atoms with E-state index in [0.717, 1.165) is 37.2 Å². The summed E-state index contributed by atoms with van der Waals surface area (Å²) >= 11 is 5.20. The van der Waals surface area contributed by atoms with E-state index < -0.39 is 0 Å². The van der Waals surface area contributed by atoms with Crippen LogP contribution in [-0.2, 0) is 9.53 Å². The van der Waals surface area contributed by atoms with Crippen molar-refractivity contribution in [1.29, 1.82) is 0 Å². The lowest BCUT2D eigenvalue weighted by Crippen LogP contribution is -2.40. The highest BCUT2D eigenvalue weighted by Crippen LogP contribution is 2.14. The van der Waals surface area contributed by atoms with Crippen LogP contribution in [-0.4, -0.2) is 61.1 Å². The lowest BCUT2D eigenvalue weighted by Gasteiger charge is -2.15. The van der Waals surface area contributed by atoms with E-state index in [1.54, 1.807) is 7.11 Å². The van der Waals surface area contributed by atoms with Gasteiger partial charge in [0.2, 0.25) is 0 Å². The van der Waals surface area contributed by atoms with Gasteiger partial charge in [0.05, 0.1) is 12.3 Å². The molecule has 1 aliphatic heterocycles. The van der Waals surface area contributed by atoms with Gasteiger partial charge in [-0.05, 0) is 68.7 Å². The van der Waals surface area contributed by atoms with Gasteiger partial charge >= 0.3 is 0 Å². The average molecular weight is 393 g/mol. The molecule has 1 aromatic rings. The number of hydrogen-bond donors (Lipinski definition) is 2. The number of rotatable bonds is 8. The van der Waals surface area contributed by atoms with Crippen LogP contribution in [0.15, 0.2) is 29.4 Å². The second kappa shape index (κ2) is 10.8. The fourth-order valence-electron chi connectivity index (χ4n) is 2.74. The molecule has 2 rings (SSSR count). The first-order valence-corrected chi connectivity index (χ1v) is 9.51. The highest BCUT2D eigenvalue weighted by Gasteiger charge is 2.18. The number of benzene rings is 1. The summed E-state index contributed by atoms with van der Waals surface area (Å²) in [4.78, 5) is 13.9. The van der Waals surface area contributed by atoms with Crippen molar-refractivity contribution in [3.05, 3.63) is 29.8 Å². The molecule has 0 aromatic heterocycles. The minimum atomic E-state index is 0.0437. The Labute approximate surface area is 166 Å². The molecule has 0 saturated carbocycles. The molecule has 2 N–H and O–H groups in total. The van der Waals surface area contributed by atoms with Crippen LogP contribution in [0.5, 0.6) is 5.75 Å². The zero-order chi connectivity index (χ0) is 19.6. The van der Waals surface area contributed by atoms with Gasteiger partial charge in [-0.3, -0.25) is 10.2 Å². The molecule has 0 unspecified atom stereocenters. The Morgan fingerprint density at radius 2 is 1.96 bits per heavy atom. The fraction of sp³-hybridized carbons (Fsp3) is 0.526. The molecule has 7 nitrogen and oxygen atoms in total. The Balaban J connectivity index is 1.80. The predicted octanol–water partition coefficient (Wildman–Crippen LogP) is 1.91. The van der Waals surface area contributed by atoms with Crippen molar-refractivity contribution in [3.63, 3.8) is 0 Å². The molecule has 1 aromatic carbocycles. The fourth-order valence-corrected chi connectivity index (χ4v) is 2.99. The average Bonchev–Trinajstić information content (AvgIpc) is 3.19. The number of ether oxygens (including phenoxy) is 2. The third-order valence-electron chi connectivity index (χ3n) is 4.21. The molecule has 27 heavy (non-hydrogen) atoms. The Kier molecular flexibility index (Phi) is 8.47. The number of nitrogens with one attached hydrogen (secondary N) is 2. The molecule has 1 saturated heterocycles. The van der Waals surface area contributed by atoms with Gasteiger partial charge < -0.3 is 19.7 Å². The van der Waals surface area contributed by atoms with E-state index in [4.69, 9.17) is 21.7 Å². The Morgan fingerprint density at radius 1 is 1.30 bits per heavy atom. The number of carbonyl (C=O) groups is 1. The highest BCUT2D eigenvalue weighted by atomic mass is 32.1. The lowest BCUT2D eigenvalue weighted by molar-refractivity contribution is -0.132. The van der Waals surface area contributed by atoms with E-state index in [2.05, 4.69) is 15.8 Å². The smallest absolute Gasteiger partial charge is 0.260 e. The second-order valence-electron chi connectivity index (χ2n) is 6.54. The number of hydrogen-bond acceptors (Lipinski definition) is 5. The normalized spacial score (nSPS) is 15.4. The maximum Gasteiger partial charge on any atom is 0.260 e. The summed E-state index contributed by atoms with van der Waals surface area (Å²) in [6.45, 7) is 6.18. The number of nitrogens with zero attached hydrogens (tertiary/aromatic N) is 2. The number of methoxy groups -OCH3 is 1. The van der Waals surface area contributed by atoms with E-state index in [1.807, 2.05) is 43.0 Å². The van der Waals surface area contributed by atoms with E-state index in [-0.39, 0.29) is 18.6 Å². The molecule has 1 atom stereocenters. The summed E-state index contributed by atoms with van der Waals surface area (Å²) in [6, 6.07) is 7.58.